The van der Waals surface area contributed by atoms with Gasteiger partial charge < -0.3 is 20.4 Å². The molecular formula is C21H22BrN3O3. The number of halogens is 1. The lowest BCUT2D eigenvalue weighted by Crippen LogP contribution is -2.45. The molecule has 0 aliphatic rings. The SMILES string of the molecule is CCOC(=O)N[C@H](Cc1c[nH]c2ccccc12)C(=O)Nc1ccc(Br)cc1C. The molecule has 3 rings (SSSR count). The van der Waals surface area contributed by atoms with E-state index in [1.54, 1.807) is 6.92 Å². The summed E-state index contributed by atoms with van der Waals surface area (Å²) in [6.07, 6.45) is 1.59. The molecule has 6 nitrogen and oxygen atoms in total. The highest BCUT2D eigenvalue weighted by Gasteiger charge is 2.23. The van der Waals surface area contributed by atoms with Gasteiger partial charge in [0.1, 0.15) is 6.04 Å². The molecule has 1 atom stereocenters. The van der Waals surface area contributed by atoms with Gasteiger partial charge in [0.25, 0.3) is 0 Å². The Kier molecular flexibility index (Phi) is 6.36. The Morgan fingerprint density at radius 2 is 2.00 bits per heavy atom. The Bertz CT molecular complexity index is 999. The molecule has 7 heteroatoms. The van der Waals surface area contributed by atoms with Crippen molar-refractivity contribution >= 4 is 44.5 Å². The predicted molar refractivity (Wildman–Crippen MR) is 113 cm³/mol. The number of hydrogen-bond donors (Lipinski definition) is 3. The van der Waals surface area contributed by atoms with Crippen molar-refractivity contribution in [1.82, 2.24) is 10.3 Å². The number of hydrogen-bond acceptors (Lipinski definition) is 3. The quantitative estimate of drug-likeness (QED) is 0.522. The second kappa shape index (κ2) is 8.93. The Hall–Kier alpha value is -2.80. The molecule has 0 radical (unpaired) electrons. The highest BCUT2D eigenvalue weighted by molar-refractivity contribution is 9.10. The lowest BCUT2D eigenvalue weighted by atomic mass is 10.0. The molecule has 2 amide bonds. The maximum atomic E-state index is 12.9. The summed E-state index contributed by atoms with van der Waals surface area (Å²) >= 11 is 3.41. The minimum Gasteiger partial charge on any atom is -0.450 e. The molecule has 0 fully saturated rings. The van der Waals surface area contributed by atoms with Crippen LogP contribution in [-0.4, -0.2) is 29.6 Å². The normalized spacial score (nSPS) is 11.8. The first-order chi connectivity index (χ1) is 13.5. The minimum atomic E-state index is -0.777. The van der Waals surface area contributed by atoms with E-state index in [9.17, 15) is 9.59 Å². The first-order valence-electron chi connectivity index (χ1n) is 9.03. The number of aromatic amines is 1. The number of nitrogens with one attached hydrogen (secondary N) is 3. The van der Waals surface area contributed by atoms with Crippen molar-refractivity contribution in [1.29, 1.82) is 0 Å². The van der Waals surface area contributed by atoms with Crippen molar-refractivity contribution in [2.24, 2.45) is 0 Å². The summed E-state index contributed by atoms with van der Waals surface area (Å²) in [5.74, 6) is -0.302. The van der Waals surface area contributed by atoms with Crippen LogP contribution >= 0.6 is 15.9 Å². The average Bonchev–Trinajstić information content (AvgIpc) is 3.07. The first kappa shape index (κ1) is 19.9. The van der Waals surface area contributed by atoms with Crippen LogP contribution in [0.1, 0.15) is 18.1 Å². The number of carbonyl (C=O) groups excluding carboxylic acids is 2. The second-order valence-electron chi connectivity index (χ2n) is 6.43. The molecule has 0 aliphatic carbocycles. The van der Waals surface area contributed by atoms with Crippen LogP contribution < -0.4 is 10.6 Å². The molecular weight excluding hydrogens is 422 g/mol. The summed E-state index contributed by atoms with van der Waals surface area (Å²) in [6.45, 7) is 3.87. The highest BCUT2D eigenvalue weighted by Crippen LogP contribution is 2.22. The summed E-state index contributed by atoms with van der Waals surface area (Å²) in [5.41, 5.74) is 3.55. The van der Waals surface area contributed by atoms with E-state index in [0.717, 1.165) is 26.5 Å². The number of alkyl carbamates (subject to hydrolysis) is 1. The molecule has 0 unspecified atom stereocenters. The van der Waals surface area contributed by atoms with Gasteiger partial charge in [0.05, 0.1) is 6.61 Å². The molecule has 0 saturated carbocycles. The molecule has 3 N–H and O–H groups in total. The van der Waals surface area contributed by atoms with E-state index in [4.69, 9.17) is 4.74 Å². The number of ether oxygens (including phenoxy) is 1. The molecule has 0 saturated heterocycles. The van der Waals surface area contributed by atoms with Gasteiger partial charge in [-0.25, -0.2) is 4.79 Å². The number of benzene rings is 2. The zero-order valence-electron chi connectivity index (χ0n) is 15.7. The van der Waals surface area contributed by atoms with Gasteiger partial charge in [-0.1, -0.05) is 34.1 Å². The van der Waals surface area contributed by atoms with Crippen LogP contribution in [-0.2, 0) is 16.0 Å². The van der Waals surface area contributed by atoms with Crippen LogP contribution in [0.2, 0.25) is 0 Å². The Balaban J connectivity index is 1.83. The average molecular weight is 444 g/mol. The van der Waals surface area contributed by atoms with Gasteiger partial charge in [-0.2, -0.15) is 0 Å². The molecule has 28 heavy (non-hydrogen) atoms. The third kappa shape index (κ3) is 4.72. The number of amides is 2. The van der Waals surface area contributed by atoms with E-state index >= 15 is 0 Å². The third-order valence-electron chi connectivity index (χ3n) is 4.43. The van der Waals surface area contributed by atoms with Gasteiger partial charge in [-0.3, -0.25) is 4.79 Å². The lowest BCUT2D eigenvalue weighted by Gasteiger charge is -2.19. The van der Waals surface area contributed by atoms with Crippen LogP contribution in [0, 0.1) is 6.92 Å². The van der Waals surface area contributed by atoms with E-state index in [1.807, 2.05) is 55.6 Å². The maximum Gasteiger partial charge on any atom is 0.407 e. The fourth-order valence-electron chi connectivity index (χ4n) is 3.03. The fourth-order valence-corrected chi connectivity index (χ4v) is 3.51. The zero-order valence-corrected chi connectivity index (χ0v) is 17.3. The molecule has 0 spiro atoms. The number of anilines is 1. The zero-order chi connectivity index (χ0) is 20.1. The predicted octanol–water partition coefficient (Wildman–Crippen LogP) is 4.53. The van der Waals surface area contributed by atoms with Crippen LogP contribution in [0.4, 0.5) is 10.5 Å². The Morgan fingerprint density at radius 1 is 1.21 bits per heavy atom. The summed E-state index contributed by atoms with van der Waals surface area (Å²) in [5, 5.41) is 6.60. The van der Waals surface area contributed by atoms with Crippen molar-refractivity contribution in [2.75, 3.05) is 11.9 Å². The minimum absolute atomic E-state index is 0.235. The number of aromatic nitrogens is 1. The Labute approximate surface area is 171 Å². The molecule has 0 aliphatic heterocycles. The standard InChI is InChI=1S/C21H22BrN3O3/c1-3-28-21(27)25-19(11-14-12-23-18-7-5-4-6-16(14)18)20(26)24-17-9-8-15(22)10-13(17)2/h4-10,12,19,23H,3,11H2,1-2H3,(H,24,26)(H,25,27)/t19-/m1/s1. The molecule has 3 aromatic rings. The van der Waals surface area contributed by atoms with Crippen LogP contribution in [0.3, 0.4) is 0 Å². The van der Waals surface area contributed by atoms with Crippen molar-refractivity contribution in [2.45, 2.75) is 26.3 Å². The lowest BCUT2D eigenvalue weighted by molar-refractivity contribution is -0.118. The number of carbonyl (C=O) groups is 2. The largest absolute Gasteiger partial charge is 0.450 e. The first-order valence-corrected chi connectivity index (χ1v) is 9.82. The third-order valence-corrected chi connectivity index (χ3v) is 4.92. The van der Waals surface area contributed by atoms with Crippen molar-refractivity contribution in [3.05, 3.63) is 64.3 Å². The van der Waals surface area contributed by atoms with Gasteiger partial charge in [-0.05, 0) is 49.2 Å². The number of fused-ring (bicyclic) bond motifs is 1. The summed E-state index contributed by atoms with van der Waals surface area (Å²) in [7, 11) is 0. The van der Waals surface area contributed by atoms with Crippen LogP contribution in [0.5, 0.6) is 0 Å². The monoisotopic (exact) mass is 443 g/mol. The van der Waals surface area contributed by atoms with E-state index < -0.39 is 12.1 Å². The Morgan fingerprint density at radius 3 is 2.75 bits per heavy atom. The van der Waals surface area contributed by atoms with Gasteiger partial charge in [0, 0.05) is 33.7 Å². The van der Waals surface area contributed by atoms with E-state index in [0.29, 0.717) is 12.1 Å². The summed E-state index contributed by atoms with van der Waals surface area (Å²) in [6, 6.07) is 12.7. The molecule has 0 bridgehead atoms. The van der Waals surface area contributed by atoms with E-state index in [2.05, 4.69) is 31.5 Å². The fraction of sp³-hybridized carbons (Fsp3) is 0.238. The molecule has 1 heterocycles. The van der Waals surface area contributed by atoms with Gasteiger partial charge in [0.2, 0.25) is 5.91 Å². The number of rotatable bonds is 6. The highest BCUT2D eigenvalue weighted by atomic mass is 79.9. The number of aryl methyl sites for hydroxylation is 1. The number of para-hydroxylation sites is 1. The van der Waals surface area contributed by atoms with Crippen molar-refractivity contribution in [3.63, 3.8) is 0 Å². The summed E-state index contributed by atoms with van der Waals surface area (Å²) < 4.78 is 5.91. The molecule has 2 aromatic carbocycles. The second-order valence-corrected chi connectivity index (χ2v) is 7.35. The maximum absolute atomic E-state index is 12.9. The van der Waals surface area contributed by atoms with Crippen molar-refractivity contribution < 1.29 is 14.3 Å². The van der Waals surface area contributed by atoms with Crippen LogP contribution in [0.15, 0.2) is 53.1 Å². The van der Waals surface area contributed by atoms with Gasteiger partial charge >= 0.3 is 6.09 Å². The molecule has 146 valence electrons. The van der Waals surface area contributed by atoms with Gasteiger partial charge in [-0.15, -0.1) is 0 Å². The molecule has 1 aromatic heterocycles. The smallest absolute Gasteiger partial charge is 0.407 e. The van der Waals surface area contributed by atoms with Crippen LogP contribution in [0.25, 0.3) is 10.9 Å². The van der Waals surface area contributed by atoms with E-state index in [1.165, 1.54) is 0 Å². The van der Waals surface area contributed by atoms with Crippen molar-refractivity contribution in [3.8, 4) is 0 Å². The topological polar surface area (TPSA) is 83.2 Å². The number of H-pyrrole nitrogens is 1. The summed E-state index contributed by atoms with van der Waals surface area (Å²) in [4.78, 5) is 28.1. The van der Waals surface area contributed by atoms with Gasteiger partial charge in [0.15, 0.2) is 0 Å². The van der Waals surface area contributed by atoms with E-state index in [-0.39, 0.29) is 12.5 Å².